The Hall–Kier alpha value is -0.470. The van der Waals surface area contributed by atoms with Gasteiger partial charge in [-0.05, 0) is 6.07 Å². The second-order valence-corrected chi connectivity index (χ2v) is 4.83. The molecule has 0 spiro atoms. The number of hydrogen-bond acceptors (Lipinski definition) is 3. The van der Waals surface area contributed by atoms with Gasteiger partial charge in [-0.25, -0.2) is 9.78 Å². The molecule has 15 heavy (non-hydrogen) atoms. The summed E-state index contributed by atoms with van der Waals surface area (Å²) in [6.07, 6.45) is 3.07. The van der Waals surface area contributed by atoms with Gasteiger partial charge >= 0.3 is 5.97 Å². The topological polar surface area (TPSA) is 55.1 Å². The number of aromatic nitrogens is 2. The highest BCUT2D eigenvalue weighted by molar-refractivity contribution is 14.2. The Balaban J connectivity index is 2.75. The third kappa shape index (κ3) is 1.81. The van der Waals surface area contributed by atoms with Gasteiger partial charge in [0.2, 0.25) is 0 Å². The summed E-state index contributed by atoms with van der Waals surface area (Å²) < 4.78 is 1.81. The number of halogens is 2. The third-order valence-electron chi connectivity index (χ3n) is 1.92. The lowest BCUT2D eigenvalue weighted by molar-refractivity contribution is 0.0697. The molecular formula is C8H4ClIN2O2S. The number of hydrogen-bond donors (Lipinski definition) is 1. The summed E-state index contributed by atoms with van der Waals surface area (Å²) in [5, 5.41) is 9.74. The Bertz CT molecular complexity index is 543. The standard InChI is InChI=1S/C8H4ClIN2O2S/c9-6-4-1-2-12(15-10)7(4)11-3-5(6)8(13)14/h1-3H,(H,13,14). The normalized spacial score (nSPS) is 10.8. The van der Waals surface area contributed by atoms with Crippen LogP contribution in [-0.2, 0) is 0 Å². The molecule has 2 rings (SSSR count). The van der Waals surface area contributed by atoms with Gasteiger partial charge in [-0.3, -0.25) is 3.97 Å². The van der Waals surface area contributed by atoms with Gasteiger partial charge in [0.25, 0.3) is 0 Å². The van der Waals surface area contributed by atoms with E-state index < -0.39 is 5.97 Å². The first kappa shape index (κ1) is 11.0. The average Bonchev–Trinajstić information content (AvgIpc) is 2.61. The van der Waals surface area contributed by atoms with Gasteiger partial charge < -0.3 is 5.11 Å². The van der Waals surface area contributed by atoms with Crippen molar-refractivity contribution in [3.05, 3.63) is 29.0 Å². The van der Waals surface area contributed by atoms with Crippen LogP contribution in [0.1, 0.15) is 10.4 Å². The van der Waals surface area contributed by atoms with E-state index in [1.807, 2.05) is 3.97 Å². The van der Waals surface area contributed by atoms with E-state index in [9.17, 15) is 4.79 Å². The lowest BCUT2D eigenvalue weighted by Gasteiger charge is -2.01. The summed E-state index contributed by atoms with van der Waals surface area (Å²) in [4.78, 5) is 14.9. The number of nitrogens with zero attached hydrogens (tertiary/aromatic N) is 2. The van der Waals surface area contributed by atoms with Crippen molar-refractivity contribution in [2.75, 3.05) is 0 Å². The van der Waals surface area contributed by atoms with Crippen LogP contribution in [0.2, 0.25) is 5.02 Å². The number of carboxylic acids is 1. The zero-order valence-corrected chi connectivity index (χ0v) is 10.9. The maximum absolute atomic E-state index is 10.8. The molecule has 0 aliphatic carbocycles. The van der Waals surface area contributed by atoms with E-state index in [0.717, 1.165) is 0 Å². The Morgan fingerprint density at radius 3 is 3.00 bits per heavy atom. The molecule has 0 saturated carbocycles. The number of carboxylic acid groups (broad SMARTS) is 1. The first-order chi connectivity index (χ1) is 7.15. The molecule has 0 radical (unpaired) electrons. The maximum atomic E-state index is 10.8. The van der Waals surface area contributed by atoms with Crippen LogP contribution in [0, 0.1) is 0 Å². The number of pyridine rings is 1. The lowest BCUT2D eigenvalue weighted by atomic mass is 10.2. The number of carbonyl (C=O) groups is 1. The minimum atomic E-state index is -1.07. The molecule has 78 valence electrons. The molecule has 0 atom stereocenters. The zero-order chi connectivity index (χ0) is 11.0. The monoisotopic (exact) mass is 354 g/mol. The predicted octanol–water partition coefficient (Wildman–Crippen LogP) is 3.23. The van der Waals surface area contributed by atoms with E-state index in [4.69, 9.17) is 16.7 Å². The van der Waals surface area contributed by atoms with Crippen molar-refractivity contribution in [3.8, 4) is 0 Å². The summed E-state index contributed by atoms with van der Waals surface area (Å²) >= 11 is 8.07. The fourth-order valence-electron chi connectivity index (χ4n) is 1.24. The molecule has 0 aliphatic heterocycles. The molecule has 2 heterocycles. The van der Waals surface area contributed by atoms with Crippen LogP contribution in [0.5, 0.6) is 0 Å². The molecule has 0 aliphatic rings. The van der Waals surface area contributed by atoms with E-state index in [1.54, 1.807) is 12.3 Å². The fraction of sp³-hybridized carbons (Fsp3) is 0. The van der Waals surface area contributed by atoms with Crippen LogP contribution in [0.3, 0.4) is 0 Å². The van der Waals surface area contributed by atoms with E-state index in [2.05, 4.69) is 26.2 Å². The van der Waals surface area contributed by atoms with Crippen LogP contribution >= 0.6 is 41.9 Å². The largest absolute Gasteiger partial charge is 0.478 e. The second-order valence-electron chi connectivity index (χ2n) is 2.74. The molecule has 2 aromatic heterocycles. The Morgan fingerprint density at radius 1 is 1.67 bits per heavy atom. The van der Waals surface area contributed by atoms with Crippen molar-refractivity contribution in [1.82, 2.24) is 8.96 Å². The summed E-state index contributed by atoms with van der Waals surface area (Å²) in [6.45, 7) is 0. The van der Waals surface area contributed by atoms with E-state index >= 15 is 0 Å². The van der Waals surface area contributed by atoms with Crippen molar-refractivity contribution in [1.29, 1.82) is 0 Å². The van der Waals surface area contributed by atoms with Crippen LogP contribution in [0.4, 0.5) is 0 Å². The molecule has 7 heteroatoms. The smallest absolute Gasteiger partial charge is 0.338 e. The molecule has 2 aromatic rings. The molecule has 0 saturated heterocycles. The van der Waals surface area contributed by atoms with E-state index in [0.29, 0.717) is 11.0 Å². The summed E-state index contributed by atoms with van der Waals surface area (Å²) in [7, 11) is 1.45. The third-order valence-corrected chi connectivity index (χ3v) is 4.04. The highest BCUT2D eigenvalue weighted by Crippen LogP contribution is 2.30. The van der Waals surface area contributed by atoms with Gasteiger partial charge in [0.05, 0.1) is 10.6 Å². The van der Waals surface area contributed by atoms with Crippen LogP contribution in [-0.4, -0.2) is 20.0 Å². The van der Waals surface area contributed by atoms with Gasteiger partial charge in [-0.1, -0.05) is 11.6 Å². The van der Waals surface area contributed by atoms with Crippen molar-refractivity contribution < 1.29 is 9.90 Å². The SMILES string of the molecule is O=C(O)c1cnc2c(ccn2SI)c1Cl. The predicted molar refractivity (Wildman–Crippen MR) is 68.7 cm³/mol. The highest BCUT2D eigenvalue weighted by Gasteiger charge is 2.14. The second kappa shape index (κ2) is 4.18. The summed E-state index contributed by atoms with van der Waals surface area (Å²) in [5.41, 5.74) is 0.699. The van der Waals surface area contributed by atoms with Crippen molar-refractivity contribution >= 4 is 58.9 Å². The minimum Gasteiger partial charge on any atom is -0.478 e. The highest BCUT2D eigenvalue weighted by atomic mass is 127. The Kier molecular flexibility index (Phi) is 3.08. The molecule has 0 bridgehead atoms. The summed E-state index contributed by atoms with van der Waals surface area (Å²) in [5.74, 6) is -1.07. The van der Waals surface area contributed by atoms with Crippen LogP contribution in [0.25, 0.3) is 11.0 Å². The number of aromatic carboxylic acids is 1. The zero-order valence-electron chi connectivity index (χ0n) is 7.15. The first-order valence-electron chi connectivity index (χ1n) is 3.83. The van der Waals surface area contributed by atoms with E-state index in [1.165, 1.54) is 15.3 Å². The average molecular weight is 355 g/mol. The minimum absolute atomic E-state index is 0.0281. The van der Waals surface area contributed by atoms with Crippen molar-refractivity contribution in [3.63, 3.8) is 0 Å². The Morgan fingerprint density at radius 2 is 2.40 bits per heavy atom. The molecule has 0 aromatic carbocycles. The number of rotatable bonds is 2. The molecule has 0 fully saturated rings. The maximum Gasteiger partial charge on any atom is 0.338 e. The first-order valence-corrected chi connectivity index (χ1v) is 7.52. The van der Waals surface area contributed by atoms with Gasteiger partial charge in [0.1, 0.15) is 0 Å². The molecule has 4 nitrogen and oxygen atoms in total. The molecule has 0 amide bonds. The van der Waals surface area contributed by atoms with Crippen LogP contribution < -0.4 is 0 Å². The van der Waals surface area contributed by atoms with Gasteiger partial charge in [0, 0.05) is 48.1 Å². The quantitative estimate of drug-likeness (QED) is 0.841. The number of fused-ring (bicyclic) bond motifs is 1. The van der Waals surface area contributed by atoms with Crippen LogP contribution in [0.15, 0.2) is 18.5 Å². The Labute approximate surface area is 106 Å². The molecule has 0 unspecified atom stereocenters. The van der Waals surface area contributed by atoms with Gasteiger partial charge in [-0.15, -0.1) is 0 Å². The fourth-order valence-corrected chi connectivity index (χ4v) is 2.78. The van der Waals surface area contributed by atoms with Crippen molar-refractivity contribution in [2.24, 2.45) is 0 Å². The molecule has 1 N–H and O–H groups in total. The lowest BCUT2D eigenvalue weighted by Crippen LogP contribution is -1.99. The molecular weight excluding hydrogens is 351 g/mol. The summed E-state index contributed by atoms with van der Waals surface area (Å²) in [6, 6.07) is 1.75. The van der Waals surface area contributed by atoms with Gasteiger partial charge in [0.15, 0.2) is 5.65 Å². The van der Waals surface area contributed by atoms with E-state index in [-0.39, 0.29) is 10.6 Å². The van der Waals surface area contributed by atoms with Gasteiger partial charge in [-0.2, -0.15) is 0 Å². The van der Waals surface area contributed by atoms with Crippen molar-refractivity contribution in [2.45, 2.75) is 0 Å².